The lowest BCUT2D eigenvalue weighted by Crippen LogP contribution is -2.25. The number of pyridine rings is 1. The molecule has 2 nitrogen and oxygen atoms in total. The molecule has 0 saturated carbocycles. The van der Waals surface area contributed by atoms with Gasteiger partial charge < -0.3 is 4.57 Å². The van der Waals surface area contributed by atoms with Crippen LogP contribution in [0.3, 0.4) is 0 Å². The average molecular weight is 173 g/mol. The summed E-state index contributed by atoms with van der Waals surface area (Å²) >= 11 is 0. The molecule has 0 aliphatic carbocycles. The van der Waals surface area contributed by atoms with E-state index in [1.807, 2.05) is 11.6 Å². The van der Waals surface area contributed by atoms with Crippen LogP contribution >= 0.6 is 0 Å². The van der Waals surface area contributed by atoms with Gasteiger partial charge in [-0.2, -0.15) is 0 Å². The molecule has 0 bridgehead atoms. The van der Waals surface area contributed by atoms with Crippen molar-refractivity contribution in [3.8, 4) is 11.3 Å². The molecule has 0 aliphatic heterocycles. The van der Waals surface area contributed by atoms with Crippen molar-refractivity contribution in [1.29, 1.82) is 0 Å². The summed E-state index contributed by atoms with van der Waals surface area (Å²) in [6.45, 7) is 0. The lowest BCUT2D eigenvalue weighted by molar-refractivity contribution is -0.671. The van der Waals surface area contributed by atoms with Crippen LogP contribution in [-0.4, -0.2) is 4.57 Å². The number of rotatable bonds is 1. The molecule has 2 heteroatoms. The van der Waals surface area contributed by atoms with Gasteiger partial charge in [0.25, 0.3) is 0 Å². The Morgan fingerprint density at radius 1 is 1.15 bits per heavy atom. The van der Waals surface area contributed by atoms with E-state index >= 15 is 0 Å². The second kappa shape index (κ2) is 3.05. The SMILES string of the molecule is Cn1cccc1-c1cc[n+](C)cc1. The topological polar surface area (TPSA) is 8.81 Å². The molecule has 0 amide bonds. The number of aromatic nitrogens is 2. The molecule has 2 heterocycles. The fraction of sp³-hybridized carbons (Fsp3) is 0.182. The summed E-state index contributed by atoms with van der Waals surface area (Å²) in [6.07, 6.45) is 6.17. The summed E-state index contributed by atoms with van der Waals surface area (Å²) in [6, 6.07) is 8.42. The molecular formula is C11H13N2+. The summed E-state index contributed by atoms with van der Waals surface area (Å²) in [4.78, 5) is 0. The number of nitrogens with zero attached hydrogens (tertiary/aromatic N) is 2. The highest BCUT2D eigenvalue weighted by Gasteiger charge is 2.01. The van der Waals surface area contributed by atoms with Crippen molar-refractivity contribution in [3.05, 3.63) is 42.9 Å². The van der Waals surface area contributed by atoms with Crippen molar-refractivity contribution in [2.24, 2.45) is 14.1 Å². The summed E-state index contributed by atoms with van der Waals surface area (Å²) < 4.78 is 4.15. The number of hydrogen-bond acceptors (Lipinski definition) is 0. The lowest BCUT2D eigenvalue weighted by atomic mass is 10.2. The third-order valence-corrected chi connectivity index (χ3v) is 2.22. The highest BCUT2D eigenvalue weighted by molar-refractivity contribution is 5.58. The maximum absolute atomic E-state index is 2.12. The predicted octanol–water partition coefficient (Wildman–Crippen LogP) is 1.52. The van der Waals surface area contributed by atoms with Crippen molar-refractivity contribution in [2.45, 2.75) is 0 Å². The van der Waals surface area contributed by atoms with Crippen LogP contribution in [0.1, 0.15) is 0 Å². The van der Waals surface area contributed by atoms with Gasteiger partial charge in [0.05, 0.1) is 0 Å². The van der Waals surface area contributed by atoms with Gasteiger partial charge in [-0.05, 0) is 12.1 Å². The Morgan fingerprint density at radius 2 is 1.85 bits per heavy atom. The smallest absolute Gasteiger partial charge is 0.169 e. The molecule has 0 atom stereocenters. The van der Waals surface area contributed by atoms with E-state index in [2.05, 4.69) is 54.5 Å². The minimum Gasteiger partial charge on any atom is -0.351 e. The summed E-state index contributed by atoms with van der Waals surface area (Å²) in [5.74, 6) is 0. The molecular weight excluding hydrogens is 160 g/mol. The molecule has 66 valence electrons. The fourth-order valence-electron chi connectivity index (χ4n) is 1.43. The Labute approximate surface area is 78.1 Å². The van der Waals surface area contributed by atoms with Crippen LogP contribution in [0.5, 0.6) is 0 Å². The predicted molar refractivity (Wildman–Crippen MR) is 52.0 cm³/mol. The molecule has 0 spiro atoms. The van der Waals surface area contributed by atoms with E-state index in [0.717, 1.165) is 0 Å². The van der Waals surface area contributed by atoms with Crippen LogP contribution in [0.25, 0.3) is 11.3 Å². The van der Waals surface area contributed by atoms with Crippen LogP contribution in [-0.2, 0) is 14.1 Å². The summed E-state index contributed by atoms with van der Waals surface area (Å²) in [5.41, 5.74) is 2.51. The quantitative estimate of drug-likeness (QED) is 0.578. The first-order valence-corrected chi connectivity index (χ1v) is 4.34. The fourth-order valence-corrected chi connectivity index (χ4v) is 1.43. The molecule has 0 unspecified atom stereocenters. The van der Waals surface area contributed by atoms with E-state index in [1.54, 1.807) is 0 Å². The first kappa shape index (κ1) is 8.05. The van der Waals surface area contributed by atoms with Crippen molar-refractivity contribution >= 4 is 0 Å². The molecule has 0 aliphatic rings. The van der Waals surface area contributed by atoms with E-state index in [4.69, 9.17) is 0 Å². The monoisotopic (exact) mass is 173 g/mol. The van der Waals surface area contributed by atoms with Gasteiger partial charge >= 0.3 is 0 Å². The second-order valence-corrected chi connectivity index (χ2v) is 3.26. The second-order valence-electron chi connectivity index (χ2n) is 3.26. The Hall–Kier alpha value is -1.57. The van der Waals surface area contributed by atoms with E-state index in [0.29, 0.717) is 0 Å². The zero-order valence-corrected chi connectivity index (χ0v) is 7.94. The van der Waals surface area contributed by atoms with Crippen molar-refractivity contribution in [2.75, 3.05) is 0 Å². The molecule has 0 fully saturated rings. The van der Waals surface area contributed by atoms with Gasteiger partial charge in [-0.25, -0.2) is 4.57 Å². The van der Waals surface area contributed by atoms with E-state index < -0.39 is 0 Å². The molecule has 2 aromatic rings. The van der Waals surface area contributed by atoms with Gasteiger partial charge in [0, 0.05) is 36.6 Å². The largest absolute Gasteiger partial charge is 0.351 e. The number of aryl methyl sites for hydroxylation is 2. The third-order valence-electron chi connectivity index (χ3n) is 2.22. The standard InChI is InChI=1S/C11H13N2/c1-12-8-5-10(6-9-12)11-4-3-7-13(11)2/h3-9H,1-2H3/q+1. The van der Waals surface area contributed by atoms with Gasteiger partial charge in [0.15, 0.2) is 12.4 Å². The van der Waals surface area contributed by atoms with Crippen molar-refractivity contribution in [1.82, 2.24) is 4.57 Å². The van der Waals surface area contributed by atoms with Crippen LogP contribution in [0, 0.1) is 0 Å². The van der Waals surface area contributed by atoms with Gasteiger partial charge in [0.2, 0.25) is 0 Å². The highest BCUT2D eigenvalue weighted by Crippen LogP contribution is 2.16. The molecule has 2 aromatic heterocycles. The molecule has 0 saturated heterocycles. The third kappa shape index (κ3) is 1.47. The van der Waals surface area contributed by atoms with E-state index in [-0.39, 0.29) is 0 Å². The molecule has 2 rings (SSSR count). The van der Waals surface area contributed by atoms with Crippen molar-refractivity contribution < 1.29 is 4.57 Å². The Kier molecular flexibility index (Phi) is 1.89. The van der Waals surface area contributed by atoms with Gasteiger partial charge in [-0.15, -0.1) is 0 Å². The molecule has 0 radical (unpaired) electrons. The first-order valence-electron chi connectivity index (χ1n) is 4.34. The minimum atomic E-state index is 1.25. The van der Waals surface area contributed by atoms with Gasteiger partial charge in [-0.3, -0.25) is 0 Å². The van der Waals surface area contributed by atoms with Crippen LogP contribution in [0.15, 0.2) is 42.9 Å². The zero-order chi connectivity index (χ0) is 9.26. The summed E-state index contributed by atoms with van der Waals surface area (Å²) in [5, 5.41) is 0. The maximum atomic E-state index is 2.12. The van der Waals surface area contributed by atoms with Crippen LogP contribution in [0.4, 0.5) is 0 Å². The minimum absolute atomic E-state index is 1.25. The Balaban J connectivity index is 2.47. The van der Waals surface area contributed by atoms with E-state index in [9.17, 15) is 0 Å². The Bertz CT molecular complexity index is 398. The first-order chi connectivity index (χ1) is 6.27. The Morgan fingerprint density at radius 3 is 2.38 bits per heavy atom. The lowest BCUT2D eigenvalue weighted by Gasteiger charge is -2.01. The van der Waals surface area contributed by atoms with Gasteiger partial charge in [-0.1, -0.05) is 0 Å². The van der Waals surface area contributed by atoms with Crippen molar-refractivity contribution in [3.63, 3.8) is 0 Å². The maximum Gasteiger partial charge on any atom is 0.169 e. The van der Waals surface area contributed by atoms with Gasteiger partial charge in [0.1, 0.15) is 7.05 Å². The number of hydrogen-bond donors (Lipinski definition) is 0. The molecule has 0 aromatic carbocycles. The van der Waals surface area contributed by atoms with E-state index in [1.165, 1.54) is 11.3 Å². The van der Waals surface area contributed by atoms with Crippen LogP contribution < -0.4 is 4.57 Å². The molecule has 13 heavy (non-hydrogen) atoms. The summed E-state index contributed by atoms with van der Waals surface area (Å²) in [7, 11) is 4.08. The average Bonchev–Trinajstić information content (AvgIpc) is 2.53. The molecule has 0 N–H and O–H groups in total. The van der Waals surface area contributed by atoms with Crippen LogP contribution in [0.2, 0.25) is 0 Å². The highest BCUT2D eigenvalue weighted by atomic mass is 14.9. The zero-order valence-electron chi connectivity index (χ0n) is 7.94. The normalized spacial score (nSPS) is 10.3.